The molecule has 0 aromatic heterocycles. The van der Waals surface area contributed by atoms with Crippen LogP contribution in [0.15, 0.2) is 36.2 Å². The van der Waals surface area contributed by atoms with Crippen LogP contribution >= 0.6 is 0 Å². The van der Waals surface area contributed by atoms with Crippen LogP contribution in [0.5, 0.6) is 0 Å². The van der Waals surface area contributed by atoms with Crippen LogP contribution in [0.4, 0.5) is 4.39 Å². The zero-order chi connectivity index (χ0) is 8.55. The van der Waals surface area contributed by atoms with E-state index < -0.39 is 5.83 Å². The number of benzene rings is 1. The van der Waals surface area contributed by atoms with Crippen LogP contribution in [0.2, 0.25) is 0 Å². The van der Waals surface area contributed by atoms with Crippen molar-refractivity contribution < 1.29 is 9.18 Å². The second kappa shape index (κ2) is 2.55. The molecule has 0 radical (unpaired) electrons. The van der Waals surface area contributed by atoms with Gasteiger partial charge >= 0.3 is 0 Å². The lowest BCUT2D eigenvalue weighted by Gasteiger charge is -2.15. The molecule has 1 aliphatic rings. The first-order valence-electron chi connectivity index (χ1n) is 3.76. The molecule has 0 bridgehead atoms. The zero-order valence-corrected chi connectivity index (χ0v) is 6.38. The first-order valence-corrected chi connectivity index (χ1v) is 3.76. The van der Waals surface area contributed by atoms with Gasteiger partial charge < -0.3 is 0 Å². The molecule has 1 aromatic rings. The molecule has 0 N–H and O–H groups in total. The number of carbonyl (C=O) groups is 1. The third-order valence-electron chi connectivity index (χ3n) is 1.97. The average Bonchev–Trinajstić information content (AvgIpc) is 2.15. The summed E-state index contributed by atoms with van der Waals surface area (Å²) in [6.07, 6.45) is 0.246. The summed E-state index contributed by atoms with van der Waals surface area (Å²) < 4.78 is 12.8. The number of carbonyl (C=O) groups excluding carboxylic acids is 1. The Labute approximate surface area is 69.5 Å². The summed E-state index contributed by atoms with van der Waals surface area (Å²) in [6, 6.07) is 9.14. The Morgan fingerprint density at radius 2 is 1.83 bits per heavy atom. The number of ketones is 1. The molecule has 0 aliphatic heterocycles. The summed E-state index contributed by atoms with van der Waals surface area (Å²) in [6.45, 7) is 0. The summed E-state index contributed by atoms with van der Waals surface area (Å²) in [5.74, 6) is -0.949. The second-order valence-electron chi connectivity index (χ2n) is 2.76. The number of rotatable bonds is 1. The molecular formula is C10H7FO. The molecule has 60 valence electrons. The quantitative estimate of drug-likeness (QED) is 0.619. The fraction of sp³-hybridized carbons (Fsp3) is 0.100. The van der Waals surface area contributed by atoms with E-state index in [0.29, 0.717) is 5.57 Å². The fourth-order valence-corrected chi connectivity index (χ4v) is 1.25. The van der Waals surface area contributed by atoms with Gasteiger partial charge in [-0.2, -0.15) is 0 Å². The third kappa shape index (κ3) is 0.961. The van der Waals surface area contributed by atoms with E-state index in [1.165, 1.54) is 0 Å². The molecule has 0 heterocycles. The molecule has 0 unspecified atom stereocenters. The maximum atomic E-state index is 12.8. The van der Waals surface area contributed by atoms with Crippen molar-refractivity contribution in [1.29, 1.82) is 0 Å². The predicted molar refractivity (Wildman–Crippen MR) is 44.1 cm³/mol. The van der Waals surface area contributed by atoms with E-state index >= 15 is 0 Å². The number of hydrogen-bond acceptors (Lipinski definition) is 1. The van der Waals surface area contributed by atoms with Crippen molar-refractivity contribution >= 4 is 11.4 Å². The van der Waals surface area contributed by atoms with Crippen LogP contribution < -0.4 is 0 Å². The van der Waals surface area contributed by atoms with Gasteiger partial charge in [-0.15, -0.1) is 0 Å². The minimum atomic E-state index is -0.568. The van der Waals surface area contributed by atoms with E-state index in [9.17, 15) is 9.18 Å². The van der Waals surface area contributed by atoms with Crippen molar-refractivity contribution in [3.8, 4) is 0 Å². The van der Waals surface area contributed by atoms with Gasteiger partial charge in [0.15, 0.2) is 11.6 Å². The molecular weight excluding hydrogens is 155 g/mol. The van der Waals surface area contributed by atoms with Crippen molar-refractivity contribution in [2.75, 3.05) is 0 Å². The lowest BCUT2D eigenvalue weighted by Crippen LogP contribution is -2.13. The topological polar surface area (TPSA) is 17.1 Å². The Morgan fingerprint density at radius 1 is 1.17 bits per heavy atom. The minimum Gasteiger partial charge on any atom is -0.291 e. The van der Waals surface area contributed by atoms with Crippen molar-refractivity contribution in [1.82, 2.24) is 0 Å². The van der Waals surface area contributed by atoms with E-state index in [0.717, 1.165) is 5.56 Å². The Morgan fingerprint density at radius 3 is 2.33 bits per heavy atom. The van der Waals surface area contributed by atoms with Crippen LogP contribution in [0.1, 0.15) is 12.0 Å². The van der Waals surface area contributed by atoms with Crippen molar-refractivity contribution in [3.05, 3.63) is 41.7 Å². The number of halogens is 1. The summed E-state index contributed by atoms with van der Waals surface area (Å²) in [5, 5.41) is 0. The Kier molecular flexibility index (Phi) is 1.54. The normalized spacial score (nSPS) is 16.2. The van der Waals surface area contributed by atoms with Crippen LogP contribution in [0.3, 0.4) is 0 Å². The Balaban J connectivity index is 2.41. The van der Waals surface area contributed by atoms with Crippen molar-refractivity contribution in [2.45, 2.75) is 6.42 Å². The zero-order valence-electron chi connectivity index (χ0n) is 6.38. The summed E-state index contributed by atoms with van der Waals surface area (Å²) in [4.78, 5) is 10.6. The maximum Gasteiger partial charge on any atom is 0.195 e. The molecule has 2 rings (SSSR count). The van der Waals surface area contributed by atoms with E-state index in [1.54, 1.807) is 12.1 Å². The smallest absolute Gasteiger partial charge is 0.195 e. The number of allylic oxidation sites excluding steroid dienone is 2. The molecule has 1 nitrogen and oxygen atoms in total. The maximum absolute atomic E-state index is 12.8. The van der Waals surface area contributed by atoms with Crippen molar-refractivity contribution in [3.63, 3.8) is 0 Å². The first kappa shape index (κ1) is 7.22. The van der Waals surface area contributed by atoms with E-state index in [1.807, 2.05) is 18.2 Å². The Hall–Kier alpha value is -1.44. The molecule has 2 heteroatoms. The fourth-order valence-electron chi connectivity index (χ4n) is 1.25. The summed E-state index contributed by atoms with van der Waals surface area (Å²) in [7, 11) is 0. The molecule has 0 saturated heterocycles. The molecule has 0 fully saturated rings. The predicted octanol–water partition coefficient (Wildman–Crippen LogP) is 2.34. The van der Waals surface area contributed by atoms with E-state index in [2.05, 4.69) is 0 Å². The highest BCUT2D eigenvalue weighted by molar-refractivity contribution is 6.14. The van der Waals surface area contributed by atoms with E-state index in [4.69, 9.17) is 0 Å². The molecule has 12 heavy (non-hydrogen) atoms. The highest BCUT2D eigenvalue weighted by atomic mass is 19.1. The second-order valence-corrected chi connectivity index (χ2v) is 2.76. The van der Waals surface area contributed by atoms with Crippen LogP contribution in [-0.4, -0.2) is 5.78 Å². The summed E-state index contributed by atoms with van der Waals surface area (Å²) in [5.41, 5.74) is 1.36. The van der Waals surface area contributed by atoms with Gasteiger partial charge in [0, 0.05) is 12.0 Å². The lowest BCUT2D eigenvalue weighted by molar-refractivity contribution is -0.117. The SMILES string of the molecule is O=C1CC(c2ccccc2)=C1F. The van der Waals surface area contributed by atoms with Crippen molar-refractivity contribution in [2.24, 2.45) is 0 Å². The highest BCUT2D eigenvalue weighted by Gasteiger charge is 2.27. The highest BCUT2D eigenvalue weighted by Crippen LogP contribution is 2.33. The molecule has 1 aliphatic carbocycles. The largest absolute Gasteiger partial charge is 0.291 e. The molecule has 0 atom stereocenters. The monoisotopic (exact) mass is 162 g/mol. The van der Waals surface area contributed by atoms with Gasteiger partial charge in [-0.3, -0.25) is 4.79 Å². The molecule has 0 spiro atoms. The van der Waals surface area contributed by atoms with E-state index in [-0.39, 0.29) is 12.2 Å². The first-order chi connectivity index (χ1) is 5.79. The van der Waals surface area contributed by atoms with Gasteiger partial charge in [0.2, 0.25) is 0 Å². The molecule has 0 saturated carbocycles. The van der Waals surface area contributed by atoms with Crippen LogP contribution in [0.25, 0.3) is 5.57 Å². The number of hydrogen-bond donors (Lipinski definition) is 0. The lowest BCUT2D eigenvalue weighted by atomic mass is 9.89. The van der Waals surface area contributed by atoms with Gasteiger partial charge in [-0.25, -0.2) is 4.39 Å². The standard InChI is InChI=1S/C10H7FO/c11-10-8(6-9(10)12)7-4-2-1-3-5-7/h1-5H,6H2. The third-order valence-corrected chi connectivity index (χ3v) is 1.97. The number of Topliss-reactive ketones (excluding diaryl/α,β-unsaturated/α-hetero) is 1. The van der Waals surface area contributed by atoms with Gasteiger partial charge in [0.05, 0.1) is 0 Å². The Bertz CT molecular complexity index is 351. The molecule has 1 aromatic carbocycles. The summed E-state index contributed by atoms with van der Waals surface area (Å²) >= 11 is 0. The van der Waals surface area contributed by atoms with Gasteiger partial charge in [-0.1, -0.05) is 30.3 Å². The minimum absolute atomic E-state index is 0.246. The van der Waals surface area contributed by atoms with Gasteiger partial charge in [-0.05, 0) is 5.56 Å². The molecule has 0 amide bonds. The van der Waals surface area contributed by atoms with Crippen LogP contribution in [0, 0.1) is 0 Å². The van der Waals surface area contributed by atoms with Gasteiger partial charge in [0.1, 0.15) is 0 Å². The van der Waals surface area contributed by atoms with Gasteiger partial charge in [0.25, 0.3) is 0 Å². The average molecular weight is 162 g/mol. The van der Waals surface area contributed by atoms with Crippen LogP contribution in [-0.2, 0) is 4.79 Å².